The molecule has 1 aliphatic heterocycles. The fraction of sp³-hybridized carbons (Fsp3) is 0.667. The Balaban J connectivity index is 2.02. The van der Waals surface area contributed by atoms with E-state index in [4.69, 9.17) is 0 Å². The van der Waals surface area contributed by atoms with Crippen LogP contribution >= 0.6 is 0 Å². The minimum absolute atomic E-state index is 0.0763. The van der Waals surface area contributed by atoms with Crippen LogP contribution < -0.4 is 10.2 Å². The first-order chi connectivity index (χ1) is 10.2. The van der Waals surface area contributed by atoms with Crippen molar-refractivity contribution in [1.82, 2.24) is 5.32 Å². The summed E-state index contributed by atoms with van der Waals surface area (Å²) in [5.41, 5.74) is 1.81. The summed E-state index contributed by atoms with van der Waals surface area (Å²) in [7, 11) is 0. The van der Waals surface area contributed by atoms with Crippen LogP contribution in [0, 0.1) is 11.7 Å². The second kappa shape index (κ2) is 7.79. The molecule has 0 saturated carbocycles. The molecule has 1 unspecified atom stereocenters. The van der Waals surface area contributed by atoms with Crippen LogP contribution in [-0.2, 0) is 0 Å². The van der Waals surface area contributed by atoms with Crippen molar-refractivity contribution in [2.24, 2.45) is 5.92 Å². The van der Waals surface area contributed by atoms with Gasteiger partial charge in [0.1, 0.15) is 5.82 Å². The van der Waals surface area contributed by atoms with Crippen LogP contribution in [0.25, 0.3) is 0 Å². The maximum atomic E-state index is 14.4. The van der Waals surface area contributed by atoms with Crippen LogP contribution in [-0.4, -0.2) is 19.6 Å². The topological polar surface area (TPSA) is 15.3 Å². The van der Waals surface area contributed by atoms with Gasteiger partial charge in [-0.15, -0.1) is 0 Å². The van der Waals surface area contributed by atoms with Gasteiger partial charge in [-0.3, -0.25) is 0 Å². The number of benzene rings is 1. The molecule has 1 aromatic rings. The van der Waals surface area contributed by atoms with Crippen molar-refractivity contribution in [3.63, 3.8) is 0 Å². The predicted molar refractivity (Wildman–Crippen MR) is 88.3 cm³/mol. The number of nitrogens with one attached hydrogen (secondary N) is 1. The van der Waals surface area contributed by atoms with E-state index in [0.29, 0.717) is 0 Å². The number of piperidine rings is 1. The minimum Gasteiger partial charge on any atom is -0.369 e. The normalized spacial score (nSPS) is 18.0. The van der Waals surface area contributed by atoms with E-state index in [0.717, 1.165) is 43.2 Å². The first kappa shape index (κ1) is 16.3. The highest BCUT2D eigenvalue weighted by molar-refractivity contribution is 5.50. The van der Waals surface area contributed by atoms with Crippen LogP contribution in [0.3, 0.4) is 0 Å². The first-order valence-corrected chi connectivity index (χ1v) is 8.43. The van der Waals surface area contributed by atoms with Gasteiger partial charge in [-0.1, -0.05) is 26.3 Å². The zero-order valence-electron chi connectivity index (χ0n) is 13.7. The molecule has 1 heterocycles. The maximum Gasteiger partial charge on any atom is 0.146 e. The molecule has 1 fully saturated rings. The van der Waals surface area contributed by atoms with Gasteiger partial charge in [0.05, 0.1) is 5.69 Å². The Morgan fingerprint density at radius 3 is 2.57 bits per heavy atom. The van der Waals surface area contributed by atoms with Crippen molar-refractivity contribution >= 4 is 5.69 Å². The van der Waals surface area contributed by atoms with Crippen LogP contribution in [0.4, 0.5) is 10.1 Å². The fourth-order valence-electron chi connectivity index (χ4n) is 3.11. The van der Waals surface area contributed by atoms with E-state index < -0.39 is 0 Å². The van der Waals surface area contributed by atoms with Crippen molar-refractivity contribution in [2.45, 2.75) is 52.5 Å². The SMILES string of the molecule is CCCNC(C)c1ccc(N2CCC(CC)CC2)c(F)c1. The zero-order valence-corrected chi connectivity index (χ0v) is 13.7. The Morgan fingerprint density at radius 2 is 2.00 bits per heavy atom. The lowest BCUT2D eigenvalue weighted by Crippen LogP contribution is -2.34. The average molecular weight is 292 g/mol. The molecule has 0 spiro atoms. The summed E-state index contributed by atoms with van der Waals surface area (Å²) in [6, 6.07) is 5.94. The second-order valence-corrected chi connectivity index (χ2v) is 6.23. The number of nitrogens with zero attached hydrogens (tertiary/aromatic N) is 1. The van der Waals surface area contributed by atoms with Gasteiger partial charge in [0.15, 0.2) is 0 Å². The molecule has 0 amide bonds. The number of halogens is 1. The van der Waals surface area contributed by atoms with E-state index in [2.05, 4.69) is 37.1 Å². The molecular formula is C18H29FN2. The van der Waals surface area contributed by atoms with E-state index in [-0.39, 0.29) is 11.9 Å². The van der Waals surface area contributed by atoms with E-state index in [1.54, 1.807) is 6.07 Å². The smallest absolute Gasteiger partial charge is 0.146 e. The minimum atomic E-state index is -0.0763. The van der Waals surface area contributed by atoms with Gasteiger partial charge in [0, 0.05) is 19.1 Å². The number of anilines is 1. The van der Waals surface area contributed by atoms with E-state index in [9.17, 15) is 4.39 Å². The lowest BCUT2D eigenvalue weighted by molar-refractivity contribution is 0.392. The van der Waals surface area contributed by atoms with Crippen molar-refractivity contribution < 1.29 is 4.39 Å². The fourth-order valence-corrected chi connectivity index (χ4v) is 3.11. The van der Waals surface area contributed by atoms with Crippen molar-refractivity contribution in [3.05, 3.63) is 29.6 Å². The molecule has 0 aliphatic carbocycles. The van der Waals surface area contributed by atoms with Crippen LogP contribution in [0.15, 0.2) is 18.2 Å². The Bertz CT molecular complexity index is 439. The highest BCUT2D eigenvalue weighted by Gasteiger charge is 2.20. The summed E-state index contributed by atoms with van der Waals surface area (Å²) >= 11 is 0. The highest BCUT2D eigenvalue weighted by atomic mass is 19.1. The van der Waals surface area contributed by atoms with Gasteiger partial charge in [-0.2, -0.15) is 0 Å². The van der Waals surface area contributed by atoms with Gasteiger partial charge < -0.3 is 10.2 Å². The molecule has 2 rings (SSSR count). The third-order valence-electron chi connectivity index (χ3n) is 4.70. The van der Waals surface area contributed by atoms with Gasteiger partial charge in [0.25, 0.3) is 0 Å². The Labute approximate surface area is 128 Å². The Hall–Kier alpha value is -1.09. The van der Waals surface area contributed by atoms with Gasteiger partial charge in [0.2, 0.25) is 0 Å². The summed E-state index contributed by atoms with van der Waals surface area (Å²) < 4.78 is 14.4. The largest absolute Gasteiger partial charge is 0.369 e. The van der Waals surface area contributed by atoms with Crippen LogP contribution in [0.2, 0.25) is 0 Å². The molecule has 1 N–H and O–H groups in total. The lowest BCUT2D eigenvalue weighted by atomic mass is 9.94. The Kier molecular flexibility index (Phi) is 6.04. The van der Waals surface area contributed by atoms with Crippen molar-refractivity contribution in [3.8, 4) is 0 Å². The molecule has 0 radical (unpaired) electrons. The summed E-state index contributed by atoms with van der Waals surface area (Å²) in [5, 5.41) is 3.41. The molecule has 1 aliphatic rings. The summed E-state index contributed by atoms with van der Waals surface area (Å²) in [6.45, 7) is 9.42. The molecule has 1 aromatic carbocycles. The Morgan fingerprint density at radius 1 is 1.29 bits per heavy atom. The van der Waals surface area contributed by atoms with E-state index >= 15 is 0 Å². The monoisotopic (exact) mass is 292 g/mol. The summed E-state index contributed by atoms with van der Waals surface area (Å²) in [5.74, 6) is 0.745. The lowest BCUT2D eigenvalue weighted by Gasteiger charge is -2.33. The third kappa shape index (κ3) is 4.19. The molecule has 1 atom stereocenters. The highest BCUT2D eigenvalue weighted by Crippen LogP contribution is 2.28. The number of hydrogen-bond acceptors (Lipinski definition) is 2. The zero-order chi connectivity index (χ0) is 15.2. The molecule has 2 nitrogen and oxygen atoms in total. The summed E-state index contributed by atoms with van der Waals surface area (Å²) in [4.78, 5) is 2.20. The third-order valence-corrected chi connectivity index (χ3v) is 4.70. The molecular weight excluding hydrogens is 263 g/mol. The molecule has 0 bridgehead atoms. The van der Waals surface area contributed by atoms with Crippen LogP contribution in [0.5, 0.6) is 0 Å². The van der Waals surface area contributed by atoms with Gasteiger partial charge in [-0.05, 0) is 56.3 Å². The predicted octanol–water partition coefficient (Wildman–Crippen LogP) is 4.51. The quantitative estimate of drug-likeness (QED) is 0.829. The second-order valence-electron chi connectivity index (χ2n) is 6.23. The molecule has 118 valence electrons. The van der Waals surface area contributed by atoms with Gasteiger partial charge in [-0.25, -0.2) is 4.39 Å². The average Bonchev–Trinajstić information content (AvgIpc) is 2.52. The molecule has 3 heteroatoms. The standard InChI is InChI=1S/C18H29FN2/c1-4-10-20-14(3)16-6-7-18(17(19)13-16)21-11-8-15(5-2)9-12-21/h6-7,13-15,20H,4-5,8-12H2,1-3H3. The van der Waals surface area contributed by atoms with E-state index in [1.165, 1.54) is 19.3 Å². The summed E-state index contributed by atoms with van der Waals surface area (Å²) in [6.07, 6.45) is 4.71. The van der Waals surface area contributed by atoms with Crippen LogP contribution in [0.1, 0.15) is 58.1 Å². The maximum absolute atomic E-state index is 14.4. The molecule has 21 heavy (non-hydrogen) atoms. The van der Waals surface area contributed by atoms with Crippen molar-refractivity contribution in [1.29, 1.82) is 0 Å². The first-order valence-electron chi connectivity index (χ1n) is 8.43. The van der Waals surface area contributed by atoms with E-state index in [1.807, 2.05) is 6.07 Å². The molecule has 0 aromatic heterocycles. The van der Waals surface area contributed by atoms with Gasteiger partial charge >= 0.3 is 0 Å². The number of hydrogen-bond donors (Lipinski definition) is 1. The molecule has 1 saturated heterocycles. The number of rotatable bonds is 6. The van der Waals surface area contributed by atoms with Crippen molar-refractivity contribution in [2.75, 3.05) is 24.5 Å².